The average molecular weight is 1570 g/mol. The lowest BCUT2D eigenvalue weighted by atomic mass is 10.1. The van der Waals surface area contributed by atoms with E-state index in [1.165, 1.54) is 97.9 Å². The summed E-state index contributed by atoms with van der Waals surface area (Å²) in [5.41, 5.74) is 2.42. The van der Waals surface area contributed by atoms with Crippen molar-refractivity contribution in [3.63, 3.8) is 0 Å². The van der Waals surface area contributed by atoms with E-state index in [-0.39, 0.29) is 92.1 Å². The van der Waals surface area contributed by atoms with Crippen molar-refractivity contribution in [2.75, 3.05) is 72.7 Å². The summed E-state index contributed by atoms with van der Waals surface area (Å²) in [5, 5.41) is 127. The molecular formula is C72H93F3N18O12S3. The first-order valence-corrected chi connectivity index (χ1v) is 37.8. The minimum Gasteiger partial charge on any atom is -0.394 e. The number of aromatic nitrogens is 15. The fourth-order valence-electron chi connectivity index (χ4n) is 12.7. The summed E-state index contributed by atoms with van der Waals surface area (Å²) in [7, 11) is 0. The highest BCUT2D eigenvalue weighted by Gasteiger charge is 2.49. The van der Waals surface area contributed by atoms with Crippen LogP contribution in [0.2, 0.25) is 0 Å². The minimum atomic E-state index is -3.39. The van der Waals surface area contributed by atoms with Crippen molar-refractivity contribution < 1.29 is 96.6 Å². The Kier molecular flexibility index (Phi) is 19.4. The molecule has 0 saturated heterocycles. The van der Waals surface area contributed by atoms with Gasteiger partial charge in [-0.2, -0.15) is 0 Å². The van der Waals surface area contributed by atoms with E-state index < -0.39 is 185 Å². The summed E-state index contributed by atoms with van der Waals surface area (Å²) >= 11 is 3.95. The first kappa shape index (κ1) is 59.6. The second kappa shape index (κ2) is 35.1. The topological polar surface area (TPSA) is 415 Å². The number of aryl methyl sites for hydroxylation is 3. The number of nitrogens with one attached hydrogen (secondary N) is 3. The van der Waals surface area contributed by atoms with E-state index in [9.17, 15) is 59.1 Å². The predicted molar refractivity (Wildman–Crippen MR) is 398 cm³/mol. The van der Waals surface area contributed by atoms with E-state index in [0.717, 1.165) is 25.3 Å². The van der Waals surface area contributed by atoms with Crippen molar-refractivity contribution in [2.24, 2.45) is 0 Å². The van der Waals surface area contributed by atoms with Gasteiger partial charge in [0, 0.05) is 84.7 Å². The molecule has 3 aromatic carbocycles. The maximum absolute atomic E-state index is 14.3. The maximum Gasteiger partial charge on any atom is 0.191 e. The monoisotopic (exact) mass is 1570 g/mol. The van der Waals surface area contributed by atoms with Gasteiger partial charge in [0.25, 0.3) is 0 Å². The highest BCUT2D eigenvalue weighted by Crippen LogP contribution is 2.48. The number of anilines is 3. The third kappa shape index (κ3) is 17.5. The maximum atomic E-state index is 14.3. The van der Waals surface area contributed by atoms with Crippen LogP contribution in [0.5, 0.6) is 0 Å². The van der Waals surface area contributed by atoms with E-state index in [1.54, 1.807) is 20.8 Å². The minimum absolute atomic E-state index is 0.0149. The number of benzene rings is 3. The molecule has 108 heavy (non-hydrogen) atoms. The quantitative estimate of drug-likeness (QED) is 0.0168. The van der Waals surface area contributed by atoms with E-state index in [0.29, 0.717) is 44.3 Å². The lowest BCUT2D eigenvalue weighted by molar-refractivity contribution is -0.0629. The standard InChI is InChI=1S/3C24H31FN6O4S/c3*1-3-8-36-24-27-22(26-16-10-14(16)13-5-4-12(2)15(25)9-13)19-23(28-24)31(30-29-19)17-11-18(35-7-6-32)21(34)20(17)33/h3*4-5,9,14,16-18,20-21,32-34H,3,6-8,10-11H2,1-2H3,(H,26,27,28)/t3*14-,16+,17+,18-,20-,21+/m000/s1/i6D2,7D2,10D2,14D;7D2,10D2,14D;6D2,10D2,14D. The Labute approximate surface area is 657 Å². The molecule has 6 aliphatic rings. The Balaban J connectivity index is 0.000000161. The van der Waals surface area contributed by atoms with Gasteiger partial charge in [-0.15, -0.1) is 15.3 Å². The van der Waals surface area contributed by atoms with Gasteiger partial charge in [0.05, 0.1) is 86.9 Å². The predicted octanol–water partition coefficient (Wildman–Crippen LogP) is 6.55. The van der Waals surface area contributed by atoms with E-state index in [1.807, 2.05) is 20.8 Å². The molecule has 36 heteroatoms. The van der Waals surface area contributed by atoms with Gasteiger partial charge in [0.1, 0.15) is 54.1 Å². The van der Waals surface area contributed by atoms with Crippen molar-refractivity contribution in [1.82, 2.24) is 74.9 Å². The van der Waals surface area contributed by atoms with Gasteiger partial charge in [-0.25, -0.2) is 57.1 Å². The first-order chi connectivity index (χ1) is 58.4. The molecular weight excluding hydrogens is 1460 g/mol. The number of fused-ring (bicyclic) bond motifs is 3. The Morgan fingerprint density at radius 1 is 0.472 bits per heavy atom. The number of ether oxygens (including phenoxy) is 3. The van der Waals surface area contributed by atoms with Crippen LogP contribution in [0.1, 0.15) is 171 Å². The summed E-state index contributed by atoms with van der Waals surface area (Å²) in [6.45, 7) is -2.63. The number of nitrogens with zero attached hydrogens (tertiary/aromatic N) is 15. The number of rotatable bonds is 30. The molecule has 12 N–H and O–H groups in total. The smallest absolute Gasteiger partial charge is 0.191 e. The van der Waals surface area contributed by atoms with Crippen LogP contribution in [0.3, 0.4) is 0 Å². The summed E-state index contributed by atoms with van der Waals surface area (Å²) < 4.78 is 200. The molecule has 6 fully saturated rings. The first-order valence-electron chi connectivity index (χ1n) is 43.4. The summed E-state index contributed by atoms with van der Waals surface area (Å²) in [4.78, 5) is 27.1. The molecule has 0 unspecified atom stereocenters. The van der Waals surface area contributed by atoms with Gasteiger partial charge < -0.3 is 76.1 Å². The van der Waals surface area contributed by atoms with Crippen molar-refractivity contribution in [3.8, 4) is 0 Å². The summed E-state index contributed by atoms with van der Waals surface area (Å²) in [6.07, 6.45) is -16.7. The number of hydrogen-bond acceptors (Lipinski definition) is 30. The van der Waals surface area contributed by atoms with Gasteiger partial charge in [0.2, 0.25) is 0 Å². The van der Waals surface area contributed by atoms with Gasteiger partial charge in [-0.05, 0) is 111 Å². The normalized spacial score (nSPS) is 33.9. The van der Waals surface area contributed by atoms with Crippen molar-refractivity contribution in [1.29, 1.82) is 0 Å². The molecule has 30 nitrogen and oxygen atoms in total. The molecule has 6 heterocycles. The number of halogens is 3. The molecule has 6 saturated carbocycles. The van der Waals surface area contributed by atoms with Gasteiger partial charge in [0.15, 0.2) is 66.4 Å². The van der Waals surface area contributed by atoms with Crippen molar-refractivity contribution >= 4 is 86.2 Å². The molecule has 9 aromatic rings. The number of aliphatic hydroxyl groups excluding tert-OH is 7. The zero-order chi connectivity index (χ0) is 91.5. The Morgan fingerprint density at radius 3 is 1.09 bits per heavy atom. The Morgan fingerprint density at radius 2 is 0.796 bits per heavy atom. The Hall–Kier alpha value is -7.14. The fourth-order valence-corrected chi connectivity index (χ4v) is 14.8. The number of thioether (sulfide) groups is 3. The number of aliphatic hydroxyl groups is 9. The lowest BCUT2D eigenvalue weighted by Crippen LogP contribution is -2.33. The number of hydrogen-bond donors (Lipinski definition) is 12. The third-order valence-electron chi connectivity index (χ3n) is 18.7. The second-order valence-corrected chi connectivity index (χ2v) is 29.4. The molecule has 0 bridgehead atoms. The van der Waals surface area contributed by atoms with Crippen molar-refractivity contribution in [3.05, 3.63) is 105 Å². The van der Waals surface area contributed by atoms with Crippen LogP contribution in [0.15, 0.2) is 70.1 Å². The molecule has 6 aromatic heterocycles. The SMILES string of the molecule is [2H]C([2H])(CO)O[C@H]1C[C@@H](n2nnc3c(N[C@@H]4C([2H])([2H])[C@@]4([2H])c4ccc(C)c(F)c4)nc(SCCC)nc32)[C@H](O)[C@@H]1O.[2H]C([2H])(O)C([2H])([2H])O[C@H]1C[C@@H](n2nnc3c(N[C@@H]4C([2H])([2H])[C@@]4([2H])c4ccc(C)c(F)c4)nc(SCCC)nc32)[C@H](O)[C@@H]1O.[2H]C([2H])(O)CO[C@H]1C[C@@H](n2nnc3c(N[C@@H]4C([2H])([2H])[C@@]4([2H])c4ccc(C)c(F)c4)nc(SCCC)nc32)[C@H](O)[C@@H]1O. The molecule has 15 rings (SSSR count). The third-order valence-corrected chi connectivity index (χ3v) is 21.8. The zero-order valence-electron chi connectivity index (χ0n) is 76.0. The second-order valence-electron chi connectivity index (χ2n) is 26.2. The lowest BCUT2D eigenvalue weighted by Gasteiger charge is -2.17. The van der Waals surface area contributed by atoms with Crippen molar-refractivity contribution in [2.45, 2.75) is 224 Å². The fraction of sp³-hybridized carbons (Fsp3) is 0.583. The van der Waals surface area contributed by atoms with Crippen LogP contribution in [0, 0.1) is 38.2 Å². The van der Waals surface area contributed by atoms with Gasteiger partial charge >= 0.3 is 0 Å². The molecule has 6 aliphatic carbocycles. The zero-order valence-corrected chi connectivity index (χ0v) is 61.4. The van der Waals surface area contributed by atoms with Crippen LogP contribution >= 0.6 is 35.3 Å². The van der Waals surface area contributed by atoms with E-state index in [4.69, 9.17) is 37.5 Å². The molecule has 582 valence electrons. The largest absolute Gasteiger partial charge is 0.394 e. The van der Waals surface area contributed by atoms with E-state index >= 15 is 0 Å². The van der Waals surface area contributed by atoms with Crippen LogP contribution in [-0.4, -0.2) is 251 Å². The molecule has 0 aliphatic heterocycles. The summed E-state index contributed by atoms with van der Waals surface area (Å²) in [5.74, 6) is -4.85. The van der Waals surface area contributed by atoms with Gasteiger partial charge in [-0.3, -0.25) is 0 Å². The van der Waals surface area contributed by atoms with E-state index in [2.05, 4.69) is 76.8 Å². The molecule has 0 spiro atoms. The average Bonchev–Trinajstić information content (AvgIpc) is 1.52. The van der Waals surface area contributed by atoms with Crippen LogP contribution in [0.25, 0.3) is 33.5 Å². The van der Waals surface area contributed by atoms with Crippen LogP contribution < -0.4 is 16.0 Å². The molecule has 18 atom stereocenters. The van der Waals surface area contributed by atoms with Crippen LogP contribution in [-0.2, 0) is 14.2 Å². The highest BCUT2D eigenvalue weighted by atomic mass is 32.2. The highest BCUT2D eigenvalue weighted by molar-refractivity contribution is 7.99. The Bertz CT molecular complexity index is 5460. The molecule has 0 radical (unpaired) electrons. The van der Waals surface area contributed by atoms with Crippen LogP contribution in [0.4, 0.5) is 30.6 Å². The molecule has 0 amide bonds. The summed E-state index contributed by atoms with van der Waals surface area (Å²) in [6, 6.07) is 6.35. The van der Waals surface area contributed by atoms with Gasteiger partial charge in [-0.1, -0.05) is 108 Å².